The molecule has 0 bridgehead atoms. The molecular weight excluding hydrogens is 268 g/mol. The molecule has 0 aliphatic carbocycles. The minimum absolute atomic E-state index is 0.298. The molecule has 1 rings (SSSR count). The van der Waals surface area contributed by atoms with Gasteiger partial charge in [0.2, 0.25) is 10.0 Å². The second-order valence-corrected chi connectivity index (χ2v) is 7.38. The normalized spacial score (nSPS) is 20.3. The molecule has 0 amide bonds. The van der Waals surface area contributed by atoms with Crippen molar-refractivity contribution in [3.63, 3.8) is 0 Å². The fraction of sp³-hybridized carbons (Fsp3) is 0.917. The van der Waals surface area contributed by atoms with E-state index in [0.29, 0.717) is 13.0 Å². The number of sulfonamides is 1. The van der Waals surface area contributed by atoms with Crippen molar-refractivity contribution in [2.45, 2.75) is 38.4 Å². The molecule has 0 aromatic carbocycles. The number of piperidine rings is 1. The number of nitrogens with one attached hydrogen (secondary N) is 1. The largest absolute Gasteiger partial charge is 0.480 e. The number of nitrogens with zero attached hydrogens (tertiary/aromatic N) is 1. The lowest BCUT2D eigenvalue weighted by Gasteiger charge is -2.30. The zero-order valence-electron chi connectivity index (χ0n) is 11.6. The molecule has 1 atom stereocenters. The maximum absolute atomic E-state index is 11.6. The Hall–Kier alpha value is -0.660. The van der Waals surface area contributed by atoms with Gasteiger partial charge in [-0.3, -0.25) is 4.79 Å². The smallest absolute Gasteiger partial charge is 0.323 e. The van der Waals surface area contributed by atoms with Crippen molar-refractivity contribution in [3.8, 4) is 0 Å². The maximum atomic E-state index is 11.6. The number of carboxylic acids is 1. The summed E-state index contributed by atoms with van der Waals surface area (Å²) < 4.78 is 25.5. The van der Waals surface area contributed by atoms with Crippen molar-refractivity contribution in [2.75, 3.05) is 26.2 Å². The molecule has 0 aromatic heterocycles. The fourth-order valence-electron chi connectivity index (χ4n) is 2.06. The van der Waals surface area contributed by atoms with E-state index >= 15 is 0 Å². The molecule has 0 saturated carbocycles. The number of hydrogen-bond donors (Lipinski definition) is 2. The average Bonchev–Trinajstić information content (AvgIpc) is 2.35. The number of hydrogen-bond acceptors (Lipinski definition) is 4. The van der Waals surface area contributed by atoms with Gasteiger partial charge >= 0.3 is 5.97 Å². The van der Waals surface area contributed by atoms with Gasteiger partial charge in [-0.2, -0.15) is 0 Å². The van der Waals surface area contributed by atoms with Crippen LogP contribution in [-0.2, 0) is 14.8 Å². The van der Waals surface area contributed by atoms with Gasteiger partial charge in [0.1, 0.15) is 0 Å². The van der Waals surface area contributed by atoms with Gasteiger partial charge in [-0.05, 0) is 51.7 Å². The molecule has 2 N–H and O–H groups in total. The molecule has 1 aliphatic rings. The lowest BCUT2D eigenvalue weighted by atomic mass is 9.99. The predicted molar refractivity (Wildman–Crippen MR) is 73.5 cm³/mol. The molecule has 7 heteroatoms. The Bertz CT molecular complexity index is 389. The first kappa shape index (κ1) is 16.4. The van der Waals surface area contributed by atoms with Crippen molar-refractivity contribution >= 4 is 16.0 Å². The first-order valence-corrected chi connectivity index (χ1v) is 8.31. The summed E-state index contributed by atoms with van der Waals surface area (Å²) in [5.74, 6) is -0.538. The molecule has 1 fully saturated rings. The number of likely N-dealkylation sites (tertiary alicyclic amines) is 1. The van der Waals surface area contributed by atoms with Crippen LogP contribution < -0.4 is 4.72 Å². The van der Waals surface area contributed by atoms with E-state index in [2.05, 4.69) is 16.5 Å². The van der Waals surface area contributed by atoms with Gasteiger partial charge < -0.3 is 10.0 Å². The van der Waals surface area contributed by atoms with E-state index in [9.17, 15) is 13.2 Å². The van der Waals surface area contributed by atoms with Gasteiger partial charge in [-0.1, -0.05) is 6.92 Å². The third kappa shape index (κ3) is 5.46. The lowest BCUT2D eigenvalue weighted by Crippen LogP contribution is -2.39. The molecule has 6 nitrogen and oxygen atoms in total. The average molecular weight is 292 g/mol. The molecule has 112 valence electrons. The van der Waals surface area contributed by atoms with Crippen LogP contribution in [-0.4, -0.2) is 55.8 Å². The Kier molecular flexibility index (Phi) is 6.22. The van der Waals surface area contributed by atoms with Crippen LogP contribution in [0.3, 0.4) is 0 Å². The van der Waals surface area contributed by atoms with Gasteiger partial charge in [-0.25, -0.2) is 13.1 Å². The Balaban J connectivity index is 2.22. The van der Waals surface area contributed by atoms with Crippen LogP contribution in [0.1, 0.15) is 33.1 Å². The highest BCUT2D eigenvalue weighted by atomic mass is 32.2. The Labute approximate surface area is 115 Å². The van der Waals surface area contributed by atoms with Crippen LogP contribution >= 0.6 is 0 Å². The molecule has 0 spiro atoms. The Morgan fingerprint density at radius 2 is 2.00 bits per heavy atom. The van der Waals surface area contributed by atoms with Crippen molar-refractivity contribution in [1.82, 2.24) is 9.62 Å². The van der Waals surface area contributed by atoms with Crippen LogP contribution in [0.2, 0.25) is 0 Å². The van der Waals surface area contributed by atoms with E-state index in [4.69, 9.17) is 5.11 Å². The van der Waals surface area contributed by atoms with Crippen LogP contribution in [0, 0.1) is 5.92 Å². The number of rotatable bonds is 7. The predicted octanol–water partition coefficient (Wildman–Crippen LogP) is 0.501. The zero-order chi connectivity index (χ0) is 14.5. The van der Waals surface area contributed by atoms with Crippen LogP contribution in [0.5, 0.6) is 0 Å². The third-order valence-corrected chi connectivity index (χ3v) is 5.38. The standard InChI is InChI=1S/C12H24N2O4S/c1-10-4-8-14(9-5-10)7-3-6-13-19(17,18)11(2)12(15)16/h10-11,13H,3-9H2,1-2H3,(H,15,16). The highest BCUT2D eigenvalue weighted by Crippen LogP contribution is 2.15. The fourth-order valence-corrected chi connectivity index (χ4v) is 3.00. The minimum atomic E-state index is -3.74. The Morgan fingerprint density at radius 3 is 2.53 bits per heavy atom. The monoisotopic (exact) mass is 292 g/mol. The summed E-state index contributed by atoms with van der Waals surface area (Å²) in [6.45, 7) is 6.72. The molecule has 0 aromatic rings. The summed E-state index contributed by atoms with van der Waals surface area (Å²) in [5, 5.41) is 7.28. The summed E-state index contributed by atoms with van der Waals surface area (Å²) in [7, 11) is -3.74. The van der Waals surface area contributed by atoms with Crippen molar-refractivity contribution in [2.24, 2.45) is 5.92 Å². The number of carbonyl (C=O) groups is 1. The van der Waals surface area contributed by atoms with Crippen LogP contribution in [0.15, 0.2) is 0 Å². The molecular formula is C12H24N2O4S. The first-order valence-electron chi connectivity index (χ1n) is 6.76. The van der Waals surface area contributed by atoms with Crippen LogP contribution in [0.25, 0.3) is 0 Å². The van der Waals surface area contributed by atoms with E-state index in [1.165, 1.54) is 19.8 Å². The highest BCUT2D eigenvalue weighted by molar-refractivity contribution is 7.90. The second-order valence-electron chi connectivity index (χ2n) is 5.30. The van der Waals surface area contributed by atoms with Gasteiger partial charge in [0.05, 0.1) is 0 Å². The third-order valence-electron chi connectivity index (χ3n) is 3.64. The number of carboxylic acid groups (broad SMARTS) is 1. The SMILES string of the molecule is CC1CCN(CCCNS(=O)(=O)C(C)C(=O)O)CC1. The van der Waals surface area contributed by atoms with Crippen LogP contribution in [0.4, 0.5) is 0 Å². The van der Waals surface area contributed by atoms with Crippen molar-refractivity contribution in [1.29, 1.82) is 0 Å². The molecule has 1 aliphatic heterocycles. The summed E-state index contributed by atoms with van der Waals surface area (Å²) in [6.07, 6.45) is 3.10. The maximum Gasteiger partial charge on any atom is 0.323 e. The minimum Gasteiger partial charge on any atom is -0.480 e. The molecule has 0 radical (unpaired) electrons. The summed E-state index contributed by atoms with van der Waals surface area (Å²) >= 11 is 0. The zero-order valence-corrected chi connectivity index (χ0v) is 12.4. The summed E-state index contributed by atoms with van der Waals surface area (Å²) in [6, 6.07) is 0. The molecule has 1 saturated heterocycles. The van der Waals surface area contributed by atoms with E-state index in [1.54, 1.807) is 0 Å². The van der Waals surface area contributed by atoms with Gasteiger partial charge in [-0.15, -0.1) is 0 Å². The quantitative estimate of drug-likeness (QED) is 0.667. The summed E-state index contributed by atoms with van der Waals surface area (Å²) in [5.41, 5.74) is 0. The first-order chi connectivity index (χ1) is 8.83. The van der Waals surface area contributed by atoms with Crippen molar-refractivity contribution in [3.05, 3.63) is 0 Å². The van der Waals surface area contributed by atoms with Gasteiger partial charge in [0.15, 0.2) is 5.25 Å². The van der Waals surface area contributed by atoms with E-state index in [1.807, 2.05) is 0 Å². The Morgan fingerprint density at radius 1 is 1.42 bits per heavy atom. The lowest BCUT2D eigenvalue weighted by molar-refractivity contribution is -0.136. The second kappa shape index (κ2) is 7.21. The highest BCUT2D eigenvalue weighted by Gasteiger charge is 2.26. The topological polar surface area (TPSA) is 86.7 Å². The van der Waals surface area contributed by atoms with Crippen molar-refractivity contribution < 1.29 is 18.3 Å². The molecule has 1 unspecified atom stereocenters. The summed E-state index contributed by atoms with van der Waals surface area (Å²) in [4.78, 5) is 13.0. The molecule has 19 heavy (non-hydrogen) atoms. The molecule has 1 heterocycles. The van der Waals surface area contributed by atoms with E-state index in [0.717, 1.165) is 25.6 Å². The number of aliphatic carboxylic acids is 1. The van der Waals surface area contributed by atoms with E-state index < -0.39 is 21.2 Å². The van der Waals surface area contributed by atoms with E-state index in [-0.39, 0.29) is 0 Å². The van der Waals surface area contributed by atoms with Gasteiger partial charge in [0, 0.05) is 6.54 Å². The van der Waals surface area contributed by atoms with Gasteiger partial charge in [0.25, 0.3) is 0 Å².